The maximum absolute atomic E-state index is 12.5. The predicted octanol–water partition coefficient (Wildman–Crippen LogP) is 2.86. The second-order valence-corrected chi connectivity index (χ2v) is 7.42. The van der Waals surface area contributed by atoms with E-state index in [0.717, 1.165) is 11.1 Å². The van der Waals surface area contributed by atoms with Crippen molar-refractivity contribution in [1.29, 1.82) is 0 Å². The largest absolute Gasteiger partial charge is 0.497 e. The van der Waals surface area contributed by atoms with Crippen LogP contribution >= 0.6 is 0 Å². The molecule has 8 heteroatoms. The Morgan fingerprint density at radius 2 is 1.87 bits per heavy atom. The average Bonchev–Trinajstić information content (AvgIpc) is 3.15. The van der Waals surface area contributed by atoms with Crippen molar-refractivity contribution in [3.8, 4) is 11.5 Å². The van der Waals surface area contributed by atoms with E-state index in [1.165, 1.54) is 19.1 Å². The standard InChI is InChI=1S/C23H26N2O6/c1-14-5-6-15(2)18(9-14)24-21(26)13-31-23(28)16-10-22(27)25(12-16)19-8-7-17(29-3)11-20(19)30-4/h5-9,11,16H,10,12-13H2,1-4H3,(H,24,26)/t16-/m0/s1. The number of methoxy groups -OCH3 is 2. The zero-order chi connectivity index (χ0) is 22.5. The Hall–Kier alpha value is -3.55. The highest BCUT2D eigenvalue weighted by atomic mass is 16.5. The van der Waals surface area contributed by atoms with Crippen molar-refractivity contribution in [2.75, 3.05) is 37.6 Å². The van der Waals surface area contributed by atoms with Crippen LogP contribution in [0.25, 0.3) is 0 Å². The fourth-order valence-electron chi connectivity index (χ4n) is 3.42. The van der Waals surface area contributed by atoms with Crippen molar-refractivity contribution in [1.82, 2.24) is 0 Å². The second kappa shape index (κ2) is 9.51. The van der Waals surface area contributed by atoms with Gasteiger partial charge in [-0.25, -0.2) is 0 Å². The number of hydrogen-bond acceptors (Lipinski definition) is 6. The molecule has 8 nitrogen and oxygen atoms in total. The van der Waals surface area contributed by atoms with Crippen molar-refractivity contribution < 1.29 is 28.6 Å². The van der Waals surface area contributed by atoms with Crippen LogP contribution < -0.4 is 19.7 Å². The highest BCUT2D eigenvalue weighted by molar-refractivity contribution is 6.01. The second-order valence-electron chi connectivity index (χ2n) is 7.42. The van der Waals surface area contributed by atoms with Gasteiger partial charge in [-0.1, -0.05) is 12.1 Å². The van der Waals surface area contributed by atoms with Crippen molar-refractivity contribution in [2.45, 2.75) is 20.3 Å². The van der Waals surface area contributed by atoms with Crippen molar-refractivity contribution in [3.05, 3.63) is 47.5 Å². The Labute approximate surface area is 181 Å². The number of nitrogens with zero attached hydrogens (tertiary/aromatic N) is 1. The number of esters is 1. The molecule has 0 radical (unpaired) electrons. The number of anilines is 2. The van der Waals surface area contributed by atoms with Gasteiger partial charge in [0.25, 0.3) is 5.91 Å². The molecule has 2 amide bonds. The van der Waals surface area contributed by atoms with E-state index in [4.69, 9.17) is 14.2 Å². The first kappa shape index (κ1) is 22.1. The number of nitrogens with one attached hydrogen (secondary N) is 1. The molecule has 1 fully saturated rings. The predicted molar refractivity (Wildman–Crippen MR) is 116 cm³/mol. The number of amides is 2. The maximum atomic E-state index is 12.5. The van der Waals surface area contributed by atoms with E-state index in [9.17, 15) is 14.4 Å². The fourth-order valence-corrected chi connectivity index (χ4v) is 3.42. The summed E-state index contributed by atoms with van der Waals surface area (Å²) in [5.74, 6) is -0.828. The number of rotatable bonds is 7. The van der Waals surface area contributed by atoms with E-state index in [-0.39, 0.29) is 18.9 Å². The van der Waals surface area contributed by atoms with Gasteiger partial charge >= 0.3 is 5.97 Å². The quantitative estimate of drug-likeness (QED) is 0.685. The molecular formula is C23H26N2O6. The topological polar surface area (TPSA) is 94.2 Å². The van der Waals surface area contributed by atoms with Gasteiger partial charge in [-0.05, 0) is 43.2 Å². The summed E-state index contributed by atoms with van der Waals surface area (Å²) in [5, 5.41) is 2.74. The van der Waals surface area contributed by atoms with Crippen LogP contribution in [0.2, 0.25) is 0 Å². The number of carbonyl (C=O) groups excluding carboxylic acids is 3. The molecule has 1 aliphatic heterocycles. The Kier molecular flexibility index (Phi) is 6.79. The summed E-state index contributed by atoms with van der Waals surface area (Å²) >= 11 is 0. The number of ether oxygens (including phenoxy) is 3. The van der Waals surface area contributed by atoms with Gasteiger partial charge in [-0.15, -0.1) is 0 Å². The summed E-state index contributed by atoms with van der Waals surface area (Å²) in [7, 11) is 3.04. The smallest absolute Gasteiger partial charge is 0.311 e. The Balaban J connectivity index is 1.59. The third-order valence-corrected chi connectivity index (χ3v) is 5.15. The normalized spacial score (nSPS) is 15.5. The summed E-state index contributed by atoms with van der Waals surface area (Å²) in [6, 6.07) is 10.8. The first-order valence-electron chi connectivity index (χ1n) is 9.88. The average molecular weight is 426 g/mol. The molecule has 1 saturated heterocycles. The molecule has 0 bridgehead atoms. The van der Waals surface area contributed by atoms with Crippen molar-refractivity contribution in [3.63, 3.8) is 0 Å². The summed E-state index contributed by atoms with van der Waals surface area (Å²) in [6.07, 6.45) is 0.00657. The van der Waals surface area contributed by atoms with Crippen molar-refractivity contribution >= 4 is 29.2 Å². The zero-order valence-corrected chi connectivity index (χ0v) is 18.1. The summed E-state index contributed by atoms with van der Waals surface area (Å²) in [4.78, 5) is 38.7. The van der Waals surface area contributed by atoms with Crippen molar-refractivity contribution in [2.24, 2.45) is 5.92 Å². The lowest BCUT2D eigenvalue weighted by Crippen LogP contribution is -2.28. The van der Waals surface area contributed by atoms with Gasteiger partial charge in [0, 0.05) is 24.7 Å². The van der Waals surface area contributed by atoms with E-state index in [0.29, 0.717) is 22.9 Å². The molecule has 0 aliphatic carbocycles. The summed E-state index contributed by atoms with van der Waals surface area (Å²) in [5.41, 5.74) is 3.15. The molecule has 164 valence electrons. The van der Waals surface area contributed by atoms with Crippen LogP contribution in [0.15, 0.2) is 36.4 Å². The van der Waals surface area contributed by atoms with E-state index < -0.39 is 24.4 Å². The molecule has 1 heterocycles. The molecule has 0 saturated carbocycles. The lowest BCUT2D eigenvalue weighted by atomic mass is 10.1. The molecular weight excluding hydrogens is 400 g/mol. The molecule has 1 N–H and O–H groups in total. The van der Waals surface area contributed by atoms with Gasteiger partial charge in [0.15, 0.2) is 6.61 Å². The van der Waals surface area contributed by atoms with Gasteiger partial charge in [0.1, 0.15) is 11.5 Å². The van der Waals surface area contributed by atoms with Gasteiger partial charge in [-0.3, -0.25) is 14.4 Å². The van der Waals surface area contributed by atoms with E-state index in [2.05, 4.69) is 5.32 Å². The Morgan fingerprint density at radius 3 is 2.58 bits per heavy atom. The molecule has 1 atom stereocenters. The molecule has 2 aromatic rings. The number of benzene rings is 2. The molecule has 0 aromatic heterocycles. The van der Waals surface area contributed by atoms with Crippen LogP contribution in [0.4, 0.5) is 11.4 Å². The number of aryl methyl sites for hydroxylation is 2. The van der Waals surface area contributed by atoms with Crippen LogP contribution in [0, 0.1) is 19.8 Å². The Morgan fingerprint density at radius 1 is 1.10 bits per heavy atom. The monoisotopic (exact) mass is 426 g/mol. The lowest BCUT2D eigenvalue weighted by Gasteiger charge is -2.20. The minimum absolute atomic E-state index is 0.00657. The molecule has 0 unspecified atom stereocenters. The van der Waals surface area contributed by atoms with Gasteiger partial charge < -0.3 is 24.4 Å². The highest BCUT2D eigenvalue weighted by Crippen LogP contribution is 2.36. The molecule has 2 aromatic carbocycles. The maximum Gasteiger partial charge on any atom is 0.311 e. The third kappa shape index (κ3) is 5.14. The lowest BCUT2D eigenvalue weighted by molar-refractivity contribution is -0.151. The van der Waals surface area contributed by atoms with Crippen LogP contribution in [0.5, 0.6) is 11.5 Å². The number of hydrogen-bond donors (Lipinski definition) is 1. The van der Waals surface area contributed by atoms with Crippen LogP contribution in [-0.2, 0) is 19.1 Å². The molecule has 0 spiro atoms. The van der Waals surface area contributed by atoms with Crippen LogP contribution in [0.3, 0.4) is 0 Å². The highest BCUT2D eigenvalue weighted by Gasteiger charge is 2.37. The Bertz CT molecular complexity index is 1000. The zero-order valence-electron chi connectivity index (χ0n) is 18.1. The van der Waals surface area contributed by atoms with E-state index in [1.54, 1.807) is 18.2 Å². The van der Waals surface area contributed by atoms with Gasteiger partial charge in [-0.2, -0.15) is 0 Å². The van der Waals surface area contributed by atoms with Gasteiger partial charge in [0.05, 0.1) is 25.8 Å². The van der Waals surface area contributed by atoms with Gasteiger partial charge in [0.2, 0.25) is 5.91 Å². The number of carbonyl (C=O) groups is 3. The third-order valence-electron chi connectivity index (χ3n) is 5.15. The molecule has 3 rings (SSSR count). The first-order chi connectivity index (χ1) is 14.8. The summed E-state index contributed by atoms with van der Waals surface area (Å²) in [6.45, 7) is 3.55. The minimum Gasteiger partial charge on any atom is -0.497 e. The minimum atomic E-state index is -0.659. The van der Waals surface area contributed by atoms with E-state index >= 15 is 0 Å². The molecule has 31 heavy (non-hydrogen) atoms. The summed E-state index contributed by atoms with van der Waals surface area (Å²) < 4.78 is 15.7. The van der Waals surface area contributed by atoms with E-state index in [1.807, 2.05) is 32.0 Å². The van der Waals surface area contributed by atoms with Crippen LogP contribution in [0.1, 0.15) is 17.5 Å². The first-order valence-corrected chi connectivity index (χ1v) is 9.88. The fraction of sp³-hybridized carbons (Fsp3) is 0.348. The molecule has 1 aliphatic rings. The SMILES string of the molecule is COc1ccc(N2C[C@@H](C(=O)OCC(=O)Nc3cc(C)ccc3C)CC2=O)c(OC)c1. The van der Waals surface area contributed by atoms with Crippen LogP contribution in [-0.4, -0.2) is 45.2 Å².